The molecule has 0 bridgehead atoms. The predicted octanol–water partition coefficient (Wildman–Crippen LogP) is 3.47. The van der Waals surface area contributed by atoms with Crippen LogP contribution in [0.1, 0.15) is 35.6 Å². The summed E-state index contributed by atoms with van der Waals surface area (Å²) in [7, 11) is 1.52. The number of aryl methyl sites for hydroxylation is 1. The monoisotopic (exact) mass is 274 g/mol. The number of ether oxygens (including phenoxy) is 1. The lowest BCUT2D eigenvalue weighted by Crippen LogP contribution is -2.24. The van der Waals surface area contributed by atoms with Crippen molar-refractivity contribution < 1.29 is 23.0 Å². The van der Waals surface area contributed by atoms with E-state index >= 15 is 0 Å². The Balaban J connectivity index is 2.25. The SMILES string of the molecule is COC(C1CC1)C(O)c1ccc(C(F)(F)F)cc1C. The molecule has 1 aliphatic rings. The Labute approximate surface area is 110 Å². The highest BCUT2D eigenvalue weighted by Gasteiger charge is 2.38. The summed E-state index contributed by atoms with van der Waals surface area (Å²) < 4.78 is 43.0. The molecule has 1 aliphatic carbocycles. The average molecular weight is 274 g/mol. The highest BCUT2D eigenvalue weighted by Crippen LogP contribution is 2.41. The molecule has 0 aliphatic heterocycles. The van der Waals surface area contributed by atoms with Crippen LogP contribution in [0.25, 0.3) is 0 Å². The smallest absolute Gasteiger partial charge is 0.386 e. The van der Waals surface area contributed by atoms with Gasteiger partial charge < -0.3 is 9.84 Å². The lowest BCUT2D eigenvalue weighted by atomic mass is 9.95. The maximum Gasteiger partial charge on any atom is 0.416 e. The van der Waals surface area contributed by atoms with Gasteiger partial charge in [0, 0.05) is 7.11 Å². The molecule has 1 aromatic carbocycles. The molecule has 2 unspecified atom stereocenters. The molecule has 0 radical (unpaired) electrons. The minimum atomic E-state index is -4.36. The average Bonchev–Trinajstić information content (AvgIpc) is 3.13. The first-order valence-electron chi connectivity index (χ1n) is 6.23. The van der Waals surface area contributed by atoms with E-state index in [1.54, 1.807) is 6.92 Å². The number of benzene rings is 1. The number of alkyl halides is 3. The van der Waals surface area contributed by atoms with Crippen molar-refractivity contribution in [2.45, 2.75) is 38.1 Å². The van der Waals surface area contributed by atoms with Crippen molar-refractivity contribution in [3.05, 3.63) is 34.9 Å². The minimum Gasteiger partial charge on any atom is -0.386 e. The molecule has 1 fully saturated rings. The molecule has 106 valence electrons. The van der Waals surface area contributed by atoms with Crippen LogP contribution >= 0.6 is 0 Å². The molecule has 0 saturated heterocycles. The van der Waals surface area contributed by atoms with E-state index in [0.717, 1.165) is 25.0 Å². The van der Waals surface area contributed by atoms with Gasteiger partial charge in [0.15, 0.2) is 0 Å². The van der Waals surface area contributed by atoms with Crippen molar-refractivity contribution >= 4 is 0 Å². The number of halogens is 3. The Morgan fingerprint density at radius 2 is 1.95 bits per heavy atom. The Morgan fingerprint density at radius 1 is 1.32 bits per heavy atom. The second-order valence-electron chi connectivity index (χ2n) is 5.05. The molecule has 1 saturated carbocycles. The van der Waals surface area contributed by atoms with Gasteiger partial charge in [0.25, 0.3) is 0 Å². The topological polar surface area (TPSA) is 29.5 Å². The third-order valence-corrected chi connectivity index (χ3v) is 3.59. The van der Waals surface area contributed by atoms with Gasteiger partial charge in [-0.25, -0.2) is 0 Å². The summed E-state index contributed by atoms with van der Waals surface area (Å²) in [5, 5.41) is 10.3. The maximum absolute atomic E-state index is 12.6. The van der Waals surface area contributed by atoms with Crippen LogP contribution in [0.2, 0.25) is 0 Å². The Bertz CT molecular complexity index is 452. The van der Waals surface area contributed by atoms with Crippen LogP contribution < -0.4 is 0 Å². The van der Waals surface area contributed by atoms with Crippen LogP contribution in [-0.4, -0.2) is 18.3 Å². The fraction of sp³-hybridized carbons (Fsp3) is 0.571. The molecule has 2 rings (SSSR count). The number of hydrogen-bond donors (Lipinski definition) is 1. The Kier molecular flexibility index (Phi) is 3.87. The zero-order valence-corrected chi connectivity index (χ0v) is 10.9. The van der Waals surface area contributed by atoms with Gasteiger partial charge in [-0.2, -0.15) is 13.2 Å². The number of methoxy groups -OCH3 is 1. The third kappa shape index (κ3) is 3.09. The van der Waals surface area contributed by atoms with E-state index in [4.69, 9.17) is 4.74 Å². The van der Waals surface area contributed by atoms with Crippen LogP contribution in [0.3, 0.4) is 0 Å². The first-order chi connectivity index (χ1) is 8.84. The number of aliphatic hydroxyl groups excluding tert-OH is 1. The minimum absolute atomic E-state index is 0.307. The molecular formula is C14H17F3O2. The van der Waals surface area contributed by atoms with Gasteiger partial charge >= 0.3 is 6.18 Å². The summed E-state index contributed by atoms with van der Waals surface area (Å²) in [5.41, 5.74) is 0.248. The molecule has 5 heteroatoms. The molecule has 2 atom stereocenters. The summed E-state index contributed by atoms with van der Waals surface area (Å²) in [6, 6.07) is 3.42. The van der Waals surface area contributed by atoms with Crippen LogP contribution in [-0.2, 0) is 10.9 Å². The van der Waals surface area contributed by atoms with E-state index < -0.39 is 17.8 Å². The molecule has 1 N–H and O–H groups in total. The van der Waals surface area contributed by atoms with Crippen LogP contribution in [0, 0.1) is 12.8 Å². The normalized spacial score (nSPS) is 19.3. The van der Waals surface area contributed by atoms with Gasteiger partial charge in [0.1, 0.15) is 6.10 Å². The van der Waals surface area contributed by atoms with Gasteiger partial charge in [0.2, 0.25) is 0 Å². The fourth-order valence-corrected chi connectivity index (χ4v) is 2.36. The number of rotatable bonds is 4. The molecular weight excluding hydrogens is 257 g/mol. The summed E-state index contributed by atoms with van der Waals surface area (Å²) in [6.07, 6.45) is -3.58. The summed E-state index contributed by atoms with van der Waals surface area (Å²) in [5.74, 6) is 0.307. The highest BCUT2D eigenvalue weighted by atomic mass is 19.4. The van der Waals surface area contributed by atoms with Crippen molar-refractivity contribution in [1.29, 1.82) is 0 Å². The van der Waals surface area contributed by atoms with E-state index in [9.17, 15) is 18.3 Å². The molecule has 2 nitrogen and oxygen atoms in total. The zero-order chi connectivity index (χ0) is 14.2. The maximum atomic E-state index is 12.6. The van der Waals surface area contributed by atoms with Crippen LogP contribution in [0.4, 0.5) is 13.2 Å². The zero-order valence-electron chi connectivity index (χ0n) is 10.9. The number of hydrogen-bond acceptors (Lipinski definition) is 2. The van der Waals surface area contributed by atoms with Gasteiger partial charge in [-0.3, -0.25) is 0 Å². The predicted molar refractivity (Wildman–Crippen MR) is 64.7 cm³/mol. The number of aliphatic hydroxyl groups is 1. The van der Waals surface area contributed by atoms with Gasteiger partial charge in [-0.15, -0.1) is 0 Å². The van der Waals surface area contributed by atoms with Crippen molar-refractivity contribution in [3.8, 4) is 0 Å². The van der Waals surface area contributed by atoms with Crippen LogP contribution in [0.15, 0.2) is 18.2 Å². The fourth-order valence-electron chi connectivity index (χ4n) is 2.36. The van der Waals surface area contributed by atoms with Crippen molar-refractivity contribution in [2.75, 3.05) is 7.11 Å². The largest absolute Gasteiger partial charge is 0.416 e. The van der Waals surface area contributed by atoms with E-state index in [0.29, 0.717) is 17.0 Å². The van der Waals surface area contributed by atoms with E-state index in [1.165, 1.54) is 13.2 Å². The van der Waals surface area contributed by atoms with E-state index in [1.807, 2.05) is 0 Å². The first kappa shape index (κ1) is 14.3. The highest BCUT2D eigenvalue weighted by molar-refractivity contribution is 5.34. The molecule has 0 spiro atoms. The van der Waals surface area contributed by atoms with Gasteiger partial charge in [-0.05, 0) is 48.9 Å². The summed E-state index contributed by atoms with van der Waals surface area (Å²) in [4.78, 5) is 0. The van der Waals surface area contributed by atoms with E-state index in [2.05, 4.69) is 0 Å². The molecule has 0 heterocycles. The van der Waals surface area contributed by atoms with E-state index in [-0.39, 0.29) is 6.10 Å². The third-order valence-electron chi connectivity index (χ3n) is 3.59. The Hall–Kier alpha value is -1.07. The van der Waals surface area contributed by atoms with Crippen LogP contribution in [0.5, 0.6) is 0 Å². The first-order valence-corrected chi connectivity index (χ1v) is 6.23. The van der Waals surface area contributed by atoms with Crippen molar-refractivity contribution in [3.63, 3.8) is 0 Å². The van der Waals surface area contributed by atoms with Crippen molar-refractivity contribution in [1.82, 2.24) is 0 Å². The Morgan fingerprint density at radius 3 is 2.37 bits per heavy atom. The second-order valence-corrected chi connectivity index (χ2v) is 5.05. The molecule has 1 aromatic rings. The quantitative estimate of drug-likeness (QED) is 0.911. The molecule has 0 amide bonds. The lowest BCUT2D eigenvalue weighted by molar-refractivity contribution is -0.137. The molecule has 0 aromatic heterocycles. The van der Waals surface area contributed by atoms with Crippen molar-refractivity contribution in [2.24, 2.45) is 5.92 Å². The lowest BCUT2D eigenvalue weighted by Gasteiger charge is -2.23. The molecule has 19 heavy (non-hydrogen) atoms. The second kappa shape index (κ2) is 5.13. The summed E-state index contributed by atoms with van der Waals surface area (Å²) in [6.45, 7) is 1.58. The van der Waals surface area contributed by atoms with Gasteiger partial charge in [0.05, 0.1) is 11.7 Å². The van der Waals surface area contributed by atoms with Gasteiger partial charge in [-0.1, -0.05) is 6.07 Å². The standard InChI is InChI=1S/C14H17F3O2/c1-8-7-10(14(15,16)17)5-6-11(8)12(18)13(19-2)9-3-4-9/h5-7,9,12-13,18H,3-4H2,1-2H3. The summed E-state index contributed by atoms with van der Waals surface area (Å²) >= 11 is 0.